The SMILES string of the molecule is O=C(OCCCCF)OCCCCF. The molecule has 0 saturated heterocycles. The zero-order chi connectivity index (χ0) is 10.6. The van der Waals surface area contributed by atoms with Gasteiger partial charge in [-0.1, -0.05) is 0 Å². The molecule has 0 aromatic rings. The maximum absolute atomic E-state index is 11.6. The fraction of sp³-hybridized carbons (Fsp3) is 0.889. The van der Waals surface area contributed by atoms with Crippen molar-refractivity contribution in [3.8, 4) is 0 Å². The Morgan fingerprint density at radius 3 is 1.64 bits per heavy atom. The molecule has 5 heteroatoms. The fourth-order valence-electron chi connectivity index (χ4n) is 0.746. The number of halogens is 2. The summed E-state index contributed by atoms with van der Waals surface area (Å²) in [5, 5.41) is 0. The number of unbranched alkanes of at least 4 members (excludes halogenated alkanes) is 2. The maximum atomic E-state index is 11.6. The summed E-state index contributed by atoms with van der Waals surface area (Å²) >= 11 is 0. The van der Waals surface area contributed by atoms with Gasteiger partial charge >= 0.3 is 6.16 Å². The van der Waals surface area contributed by atoms with Gasteiger partial charge in [-0.25, -0.2) is 4.79 Å². The Kier molecular flexibility index (Phi) is 9.58. The molecule has 0 bridgehead atoms. The van der Waals surface area contributed by atoms with Gasteiger partial charge in [0.25, 0.3) is 0 Å². The highest BCUT2D eigenvalue weighted by molar-refractivity contribution is 5.59. The molecule has 14 heavy (non-hydrogen) atoms. The first-order chi connectivity index (χ1) is 6.81. The highest BCUT2D eigenvalue weighted by atomic mass is 19.1. The molecule has 0 aliphatic rings. The van der Waals surface area contributed by atoms with Gasteiger partial charge < -0.3 is 9.47 Å². The van der Waals surface area contributed by atoms with Gasteiger partial charge in [0.05, 0.1) is 26.6 Å². The van der Waals surface area contributed by atoms with E-state index in [2.05, 4.69) is 9.47 Å². The average Bonchev–Trinajstić information content (AvgIpc) is 2.19. The first-order valence-corrected chi connectivity index (χ1v) is 4.72. The van der Waals surface area contributed by atoms with E-state index in [0.717, 1.165) is 0 Å². The van der Waals surface area contributed by atoms with Crippen LogP contribution in [0.3, 0.4) is 0 Å². The highest BCUT2D eigenvalue weighted by Gasteiger charge is 2.02. The molecule has 3 nitrogen and oxygen atoms in total. The molecular formula is C9H16F2O3. The van der Waals surface area contributed by atoms with Crippen molar-refractivity contribution in [2.75, 3.05) is 26.6 Å². The van der Waals surface area contributed by atoms with Crippen LogP contribution >= 0.6 is 0 Å². The van der Waals surface area contributed by atoms with Crippen molar-refractivity contribution < 1.29 is 23.0 Å². The molecule has 0 spiro atoms. The second-order valence-corrected chi connectivity index (χ2v) is 2.74. The van der Waals surface area contributed by atoms with Crippen LogP contribution in [-0.2, 0) is 9.47 Å². The zero-order valence-corrected chi connectivity index (χ0v) is 8.14. The first kappa shape index (κ1) is 13.1. The average molecular weight is 210 g/mol. The Hall–Kier alpha value is -0.870. The minimum atomic E-state index is -0.761. The molecule has 0 heterocycles. The normalized spacial score (nSPS) is 9.86. The largest absolute Gasteiger partial charge is 0.508 e. The lowest BCUT2D eigenvalue weighted by Crippen LogP contribution is -2.09. The number of carbonyl (C=O) groups is 1. The van der Waals surface area contributed by atoms with Crippen molar-refractivity contribution in [1.82, 2.24) is 0 Å². The Bertz CT molecular complexity index is 128. The molecule has 0 fully saturated rings. The third-order valence-electron chi connectivity index (χ3n) is 1.50. The summed E-state index contributed by atoms with van der Waals surface area (Å²) in [6, 6.07) is 0. The van der Waals surface area contributed by atoms with Gasteiger partial charge in [-0.05, 0) is 25.7 Å². The quantitative estimate of drug-likeness (QED) is 0.456. The van der Waals surface area contributed by atoms with E-state index in [0.29, 0.717) is 25.7 Å². The van der Waals surface area contributed by atoms with Crippen molar-refractivity contribution in [3.05, 3.63) is 0 Å². The smallest absolute Gasteiger partial charge is 0.434 e. The van der Waals surface area contributed by atoms with E-state index in [1.807, 2.05) is 0 Å². The van der Waals surface area contributed by atoms with Gasteiger partial charge in [-0.2, -0.15) is 0 Å². The molecule has 0 aromatic heterocycles. The van der Waals surface area contributed by atoms with E-state index in [9.17, 15) is 13.6 Å². The first-order valence-electron chi connectivity index (χ1n) is 4.72. The summed E-state index contributed by atoms with van der Waals surface area (Å²) in [6.07, 6.45) is 0.999. The molecule has 0 aliphatic heterocycles. The second kappa shape index (κ2) is 10.2. The third kappa shape index (κ3) is 9.22. The Balaban J connectivity index is 3.11. The van der Waals surface area contributed by atoms with E-state index in [-0.39, 0.29) is 13.2 Å². The van der Waals surface area contributed by atoms with Crippen LogP contribution < -0.4 is 0 Å². The Morgan fingerprint density at radius 2 is 1.29 bits per heavy atom. The number of rotatable bonds is 8. The lowest BCUT2D eigenvalue weighted by molar-refractivity contribution is 0.0524. The van der Waals surface area contributed by atoms with Gasteiger partial charge in [-0.15, -0.1) is 0 Å². The standard InChI is InChI=1S/C9H16F2O3/c10-5-1-3-7-13-9(12)14-8-4-2-6-11/h1-8H2. The van der Waals surface area contributed by atoms with Crippen LogP contribution in [0.2, 0.25) is 0 Å². The second-order valence-electron chi connectivity index (χ2n) is 2.74. The monoisotopic (exact) mass is 210 g/mol. The number of hydrogen-bond donors (Lipinski definition) is 0. The molecule has 0 atom stereocenters. The molecule has 0 saturated carbocycles. The third-order valence-corrected chi connectivity index (χ3v) is 1.50. The predicted octanol–water partition coefficient (Wildman–Crippen LogP) is 2.64. The van der Waals surface area contributed by atoms with Crippen molar-refractivity contribution in [3.63, 3.8) is 0 Å². The summed E-state index contributed by atoms with van der Waals surface area (Å²) in [5.74, 6) is 0. The van der Waals surface area contributed by atoms with Crippen molar-refractivity contribution in [2.24, 2.45) is 0 Å². The van der Waals surface area contributed by atoms with Gasteiger partial charge in [0.2, 0.25) is 0 Å². The molecule has 0 N–H and O–H groups in total. The minimum absolute atomic E-state index is 0.172. The molecule has 0 unspecified atom stereocenters. The summed E-state index contributed by atoms with van der Waals surface area (Å²) < 4.78 is 32.4. The van der Waals surface area contributed by atoms with Crippen molar-refractivity contribution in [1.29, 1.82) is 0 Å². The summed E-state index contributed by atoms with van der Waals surface area (Å²) in [7, 11) is 0. The topological polar surface area (TPSA) is 35.5 Å². The Labute approximate surface area is 82.4 Å². The van der Waals surface area contributed by atoms with Crippen LogP contribution in [0.15, 0.2) is 0 Å². The van der Waals surface area contributed by atoms with E-state index in [1.165, 1.54) is 0 Å². The molecule has 0 aliphatic carbocycles. The lowest BCUT2D eigenvalue weighted by Gasteiger charge is -2.04. The summed E-state index contributed by atoms with van der Waals surface area (Å²) in [6.45, 7) is -0.471. The molecule has 0 amide bonds. The molecule has 84 valence electrons. The van der Waals surface area contributed by atoms with Crippen LogP contribution in [0, 0.1) is 0 Å². The van der Waals surface area contributed by atoms with Crippen molar-refractivity contribution in [2.45, 2.75) is 25.7 Å². The van der Waals surface area contributed by atoms with Crippen LogP contribution in [0.5, 0.6) is 0 Å². The van der Waals surface area contributed by atoms with E-state index in [4.69, 9.17) is 0 Å². The van der Waals surface area contributed by atoms with Crippen LogP contribution in [0.1, 0.15) is 25.7 Å². The predicted molar refractivity (Wildman–Crippen MR) is 47.7 cm³/mol. The maximum Gasteiger partial charge on any atom is 0.508 e. The van der Waals surface area contributed by atoms with Crippen LogP contribution in [-0.4, -0.2) is 32.7 Å². The Morgan fingerprint density at radius 1 is 0.857 bits per heavy atom. The molecular weight excluding hydrogens is 194 g/mol. The van der Waals surface area contributed by atoms with Crippen molar-refractivity contribution >= 4 is 6.16 Å². The fourth-order valence-corrected chi connectivity index (χ4v) is 0.746. The lowest BCUT2D eigenvalue weighted by atomic mass is 10.3. The number of hydrogen-bond acceptors (Lipinski definition) is 3. The van der Waals surface area contributed by atoms with E-state index < -0.39 is 19.5 Å². The summed E-state index contributed by atoms with van der Waals surface area (Å²) in [5.41, 5.74) is 0. The van der Waals surface area contributed by atoms with E-state index in [1.54, 1.807) is 0 Å². The number of alkyl halides is 2. The number of ether oxygens (including phenoxy) is 2. The van der Waals surface area contributed by atoms with Gasteiger partial charge in [-0.3, -0.25) is 8.78 Å². The van der Waals surface area contributed by atoms with Gasteiger partial charge in [0, 0.05) is 0 Å². The number of carbonyl (C=O) groups excluding carboxylic acids is 1. The molecule has 0 aromatic carbocycles. The zero-order valence-electron chi connectivity index (χ0n) is 8.14. The van der Waals surface area contributed by atoms with Crippen LogP contribution in [0.25, 0.3) is 0 Å². The highest BCUT2D eigenvalue weighted by Crippen LogP contribution is 1.95. The minimum Gasteiger partial charge on any atom is -0.434 e. The molecule has 0 radical (unpaired) electrons. The summed E-state index contributed by atoms with van der Waals surface area (Å²) in [4.78, 5) is 10.7. The van der Waals surface area contributed by atoms with E-state index >= 15 is 0 Å². The van der Waals surface area contributed by atoms with Gasteiger partial charge in [0.1, 0.15) is 0 Å². The van der Waals surface area contributed by atoms with Gasteiger partial charge in [0.15, 0.2) is 0 Å². The van der Waals surface area contributed by atoms with Crippen LogP contribution in [0.4, 0.5) is 13.6 Å². The molecule has 0 rings (SSSR count).